The summed E-state index contributed by atoms with van der Waals surface area (Å²) in [7, 11) is 0. The van der Waals surface area contributed by atoms with Crippen LogP contribution in [0.4, 0.5) is 5.69 Å². The summed E-state index contributed by atoms with van der Waals surface area (Å²) >= 11 is 3.18. The first-order valence-electron chi connectivity index (χ1n) is 6.27. The van der Waals surface area contributed by atoms with Crippen LogP contribution in [-0.4, -0.2) is 10.7 Å². The van der Waals surface area contributed by atoms with Crippen molar-refractivity contribution < 1.29 is 14.5 Å². The summed E-state index contributed by atoms with van der Waals surface area (Å²) in [5.41, 5.74) is 0.250. The van der Waals surface area contributed by atoms with E-state index in [4.69, 9.17) is 4.74 Å². The minimum absolute atomic E-state index is 0.0784. The molecule has 2 aromatic carbocycles. The first kappa shape index (κ1) is 15.2. The number of nitrogens with zero attached hydrogens (tertiary/aromatic N) is 1. The third-order valence-corrected chi connectivity index (χ3v) is 3.34. The summed E-state index contributed by atoms with van der Waals surface area (Å²) in [6.45, 7) is 1.75. The van der Waals surface area contributed by atoms with Crippen LogP contribution in [-0.2, 0) is 0 Å². The molecule has 0 spiro atoms. The van der Waals surface area contributed by atoms with Gasteiger partial charge in [-0.3, -0.25) is 14.9 Å². The van der Waals surface area contributed by atoms with E-state index in [1.54, 1.807) is 37.3 Å². The zero-order valence-corrected chi connectivity index (χ0v) is 12.8. The van der Waals surface area contributed by atoms with Gasteiger partial charge in [-0.15, -0.1) is 0 Å². The zero-order valence-electron chi connectivity index (χ0n) is 11.2. The predicted molar refractivity (Wildman–Crippen MR) is 81.9 cm³/mol. The molecule has 0 heterocycles. The molecule has 2 rings (SSSR count). The van der Waals surface area contributed by atoms with Gasteiger partial charge in [0.05, 0.1) is 10.5 Å². The van der Waals surface area contributed by atoms with Crippen molar-refractivity contribution >= 4 is 27.4 Å². The Hall–Kier alpha value is -2.21. The number of para-hydroxylation sites is 1. The molecule has 0 radical (unpaired) electrons. The number of Topliss-reactive ketones (excluding diaryl/α,β-unsaturated/α-hetero) is 1. The normalized spacial score (nSPS) is 10.2. The van der Waals surface area contributed by atoms with Crippen molar-refractivity contribution in [2.75, 3.05) is 0 Å². The molecular formula is C15H12BrNO4. The quantitative estimate of drug-likeness (QED) is 0.444. The van der Waals surface area contributed by atoms with Crippen LogP contribution >= 0.6 is 15.9 Å². The Bertz CT molecular complexity index is 700. The fraction of sp³-hybridized carbons (Fsp3) is 0.133. The van der Waals surface area contributed by atoms with Crippen molar-refractivity contribution in [2.45, 2.75) is 13.3 Å². The van der Waals surface area contributed by atoms with E-state index in [0.29, 0.717) is 22.2 Å². The van der Waals surface area contributed by atoms with Crippen LogP contribution in [0.25, 0.3) is 0 Å². The third-order valence-electron chi connectivity index (χ3n) is 2.85. The monoisotopic (exact) mass is 349 g/mol. The summed E-state index contributed by atoms with van der Waals surface area (Å²) in [5.74, 6) is 0.333. The van der Waals surface area contributed by atoms with Crippen LogP contribution < -0.4 is 4.74 Å². The number of benzene rings is 2. The maximum atomic E-state index is 11.9. The maximum Gasteiger partial charge on any atom is 0.312 e. The highest BCUT2D eigenvalue weighted by molar-refractivity contribution is 9.10. The van der Waals surface area contributed by atoms with Crippen LogP contribution in [0.2, 0.25) is 0 Å². The van der Waals surface area contributed by atoms with Gasteiger partial charge in [-0.2, -0.15) is 0 Å². The van der Waals surface area contributed by atoms with Crippen molar-refractivity contribution in [1.29, 1.82) is 0 Å². The van der Waals surface area contributed by atoms with Gasteiger partial charge in [0.2, 0.25) is 5.75 Å². The van der Waals surface area contributed by atoms with Crippen LogP contribution in [0.15, 0.2) is 46.9 Å². The number of nitro benzene ring substituents is 1. The Morgan fingerprint density at radius 3 is 2.62 bits per heavy atom. The minimum atomic E-state index is -0.523. The van der Waals surface area contributed by atoms with E-state index < -0.39 is 4.92 Å². The standard InChI is InChI=1S/C15H12BrNO4/c1-2-13(18)11-5-3-4-6-14(11)21-15-8-7-10(16)9-12(15)17(19)20/h3-9H,2H2,1H3. The van der Waals surface area contributed by atoms with Gasteiger partial charge >= 0.3 is 5.69 Å². The Kier molecular flexibility index (Phi) is 4.70. The topological polar surface area (TPSA) is 69.4 Å². The van der Waals surface area contributed by atoms with Crippen molar-refractivity contribution in [1.82, 2.24) is 0 Å². The van der Waals surface area contributed by atoms with Crippen LogP contribution in [0.1, 0.15) is 23.7 Å². The van der Waals surface area contributed by atoms with Gasteiger partial charge in [0, 0.05) is 17.0 Å². The van der Waals surface area contributed by atoms with E-state index in [1.807, 2.05) is 0 Å². The molecule has 0 saturated carbocycles. The average molecular weight is 350 g/mol. The summed E-state index contributed by atoms with van der Waals surface area (Å²) in [5, 5.41) is 11.1. The molecule has 0 amide bonds. The Balaban J connectivity index is 2.44. The highest BCUT2D eigenvalue weighted by atomic mass is 79.9. The first-order valence-corrected chi connectivity index (χ1v) is 7.06. The van der Waals surface area contributed by atoms with Crippen LogP contribution in [0.3, 0.4) is 0 Å². The van der Waals surface area contributed by atoms with Crippen LogP contribution in [0.5, 0.6) is 11.5 Å². The minimum Gasteiger partial charge on any atom is -0.449 e. The molecule has 0 atom stereocenters. The number of hydrogen-bond donors (Lipinski definition) is 0. The van der Waals surface area contributed by atoms with E-state index in [-0.39, 0.29) is 17.2 Å². The van der Waals surface area contributed by atoms with E-state index >= 15 is 0 Å². The van der Waals surface area contributed by atoms with Gasteiger partial charge in [0.25, 0.3) is 0 Å². The third kappa shape index (κ3) is 3.46. The molecule has 0 fully saturated rings. The fourth-order valence-corrected chi connectivity index (χ4v) is 2.16. The summed E-state index contributed by atoms with van der Waals surface area (Å²) in [6, 6.07) is 11.2. The molecule has 0 bridgehead atoms. The van der Waals surface area contributed by atoms with E-state index in [9.17, 15) is 14.9 Å². The molecule has 0 aliphatic carbocycles. The van der Waals surface area contributed by atoms with Gasteiger partial charge in [0.15, 0.2) is 5.78 Å². The molecule has 0 aliphatic heterocycles. The molecule has 108 valence electrons. The molecule has 2 aromatic rings. The van der Waals surface area contributed by atoms with Crippen molar-refractivity contribution in [3.8, 4) is 11.5 Å². The summed E-state index contributed by atoms with van der Waals surface area (Å²) < 4.78 is 6.18. The molecule has 0 N–H and O–H groups in total. The number of ketones is 1. The van der Waals surface area contributed by atoms with Crippen LogP contribution in [0, 0.1) is 10.1 Å². The smallest absolute Gasteiger partial charge is 0.312 e. The Morgan fingerprint density at radius 2 is 1.95 bits per heavy atom. The molecule has 0 aromatic heterocycles. The molecular weight excluding hydrogens is 338 g/mol. The van der Waals surface area contributed by atoms with E-state index in [2.05, 4.69) is 15.9 Å². The first-order chi connectivity index (χ1) is 10.0. The van der Waals surface area contributed by atoms with Crippen molar-refractivity contribution in [3.63, 3.8) is 0 Å². The summed E-state index contributed by atoms with van der Waals surface area (Å²) in [6.07, 6.45) is 0.336. The number of hydrogen-bond acceptors (Lipinski definition) is 4. The highest BCUT2D eigenvalue weighted by Gasteiger charge is 2.18. The lowest BCUT2D eigenvalue weighted by Crippen LogP contribution is -2.01. The Morgan fingerprint density at radius 1 is 1.24 bits per heavy atom. The number of carbonyl (C=O) groups is 1. The van der Waals surface area contributed by atoms with E-state index in [1.165, 1.54) is 12.1 Å². The van der Waals surface area contributed by atoms with Gasteiger partial charge in [-0.05, 0) is 24.3 Å². The highest BCUT2D eigenvalue weighted by Crippen LogP contribution is 2.35. The largest absolute Gasteiger partial charge is 0.449 e. The van der Waals surface area contributed by atoms with Gasteiger partial charge < -0.3 is 4.74 Å². The number of halogens is 1. The van der Waals surface area contributed by atoms with Gasteiger partial charge in [0.1, 0.15) is 5.75 Å². The lowest BCUT2D eigenvalue weighted by molar-refractivity contribution is -0.385. The van der Waals surface area contributed by atoms with Crippen molar-refractivity contribution in [3.05, 3.63) is 62.6 Å². The second-order valence-electron chi connectivity index (χ2n) is 4.24. The Labute approximate surface area is 129 Å². The molecule has 0 aliphatic rings. The predicted octanol–water partition coefficient (Wildman–Crippen LogP) is 4.74. The lowest BCUT2D eigenvalue weighted by Gasteiger charge is -2.10. The molecule has 5 nitrogen and oxygen atoms in total. The molecule has 21 heavy (non-hydrogen) atoms. The summed E-state index contributed by atoms with van der Waals surface area (Å²) in [4.78, 5) is 22.4. The molecule has 6 heteroatoms. The lowest BCUT2D eigenvalue weighted by atomic mass is 10.1. The number of carbonyl (C=O) groups excluding carboxylic acids is 1. The molecule has 0 saturated heterocycles. The number of ether oxygens (including phenoxy) is 1. The zero-order chi connectivity index (χ0) is 15.4. The van der Waals surface area contributed by atoms with Gasteiger partial charge in [-0.25, -0.2) is 0 Å². The molecule has 0 unspecified atom stereocenters. The second-order valence-corrected chi connectivity index (χ2v) is 5.16. The van der Waals surface area contributed by atoms with Gasteiger partial charge in [-0.1, -0.05) is 35.0 Å². The van der Waals surface area contributed by atoms with E-state index in [0.717, 1.165) is 0 Å². The second kappa shape index (κ2) is 6.49. The maximum absolute atomic E-state index is 11.9. The fourth-order valence-electron chi connectivity index (χ4n) is 1.81. The average Bonchev–Trinajstić information content (AvgIpc) is 2.48. The van der Waals surface area contributed by atoms with Crippen molar-refractivity contribution in [2.24, 2.45) is 0 Å². The SMILES string of the molecule is CCC(=O)c1ccccc1Oc1ccc(Br)cc1[N+](=O)[O-]. The number of rotatable bonds is 5. The number of nitro groups is 1.